The van der Waals surface area contributed by atoms with Gasteiger partial charge in [-0.15, -0.1) is 5.10 Å². The second-order valence-electron chi connectivity index (χ2n) is 7.11. The highest BCUT2D eigenvalue weighted by Gasteiger charge is 2.14. The molecule has 0 radical (unpaired) electrons. The molecule has 0 aliphatic rings. The maximum atomic E-state index is 5.39. The predicted octanol–water partition coefficient (Wildman–Crippen LogP) is 3.50. The minimum atomic E-state index is 0.614. The van der Waals surface area contributed by atoms with Crippen molar-refractivity contribution in [3.05, 3.63) is 65.5 Å². The average molecular weight is 419 g/mol. The third-order valence-corrected chi connectivity index (χ3v) is 5.05. The van der Waals surface area contributed by atoms with Crippen molar-refractivity contribution < 1.29 is 9.47 Å². The number of aryl methyl sites for hydroxylation is 1. The number of ether oxygens (including phenoxy) is 2. The van der Waals surface area contributed by atoms with E-state index in [2.05, 4.69) is 37.7 Å². The van der Waals surface area contributed by atoms with Gasteiger partial charge in [-0.3, -0.25) is 0 Å². The molecule has 2 heterocycles. The molecule has 8 heteroatoms. The Labute approximate surface area is 181 Å². The summed E-state index contributed by atoms with van der Waals surface area (Å²) < 4.78 is 12.5. The normalized spacial score (nSPS) is 10.9. The summed E-state index contributed by atoms with van der Waals surface area (Å²) in [6, 6.07) is 16.1. The second-order valence-corrected chi connectivity index (χ2v) is 7.11. The van der Waals surface area contributed by atoms with Gasteiger partial charge < -0.3 is 14.8 Å². The first-order chi connectivity index (χ1) is 15.2. The average Bonchev–Trinajstić information content (AvgIpc) is 3.22. The van der Waals surface area contributed by atoms with Crippen LogP contribution in [0.2, 0.25) is 0 Å². The van der Waals surface area contributed by atoms with Gasteiger partial charge in [-0.05, 0) is 29.7 Å². The molecule has 4 rings (SSSR count). The molecule has 1 N–H and O–H groups in total. The molecule has 0 saturated heterocycles. The Morgan fingerprint density at radius 3 is 2.48 bits per heavy atom. The first-order valence-corrected chi connectivity index (χ1v) is 10.3. The molecule has 2 aromatic carbocycles. The lowest BCUT2D eigenvalue weighted by Crippen LogP contribution is -2.10. The van der Waals surface area contributed by atoms with E-state index in [4.69, 9.17) is 9.47 Å². The summed E-state index contributed by atoms with van der Waals surface area (Å²) in [4.78, 5) is 9.32. The fourth-order valence-corrected chi connectivity index (χ4v) is 3.41. The van der Waals surface area contributed by atoms with E-state index in [-0.39, 0.29) is 0 Å². The molecule has 0 unspecified atom stereocenters. The van der Waals surface area contributed by atoms with Crippen molar-refractivity contribution >= 4 is 17.0 Å². The van der Waals surface area contributed by atoms with Crippen molar-refractivity contribution in [2.75, 3.05) is 26.1 Å². The summed E-state index contributed by atoms with van der Waals surface area (Å²) in [5.74, 6) is 2.92. The van der Waals surface area contributed by atoms with Crippen molar-refractivity contribution in [3.63, 3.8) is 0 Å². The van der Waals surface area contributed by atoms with Crippen LogP contribution in [0.5, 0.6) is 11.5 Å². The molecule has 4 aromatic rings. The van der Waals surface area contributed by atoms with Gasteiger partial charge in [-0.25, -0.2) is 14.6 Å². The molecule has 160 valence electrons. The molecule has 31 heavy (non-hydrogen) atoms. The smallest absolute Gasteiger partial charge is 0.184 e. The van der Waals surface area contributed by atoms with Crippen molar-refractivity contribution in [1.29, 1.82) is 0 Å². The zero-order valence-electron chi connectivity index (χ0n) is 18.0. The van der Waals surface area contributed by atoms with Gasteiger partial charge in [0.25, 0.3) is 0 Å². The summed E-state index contributed by atoms with van der Waals surface area (Å²) >= 11 is 0. The summed E-state index contributed by atoms with van der Waals surface area (Å²) in [5.41, 5.74) is 3.71. The molecule has 0 aliphatic carbocycles. The van der Waals surface area contributed by atoms with Crippen LogP contribution in [0.15, 0.2) is 48.5 Å². The van der Waals surface area contributed by atoms with Crippen LogP contribution in [0.1, 0.15) is 23.9 Å². The molecule has 8 nitrogen and oxygen atoms in total. The van der Waals surface area contributed by atoms with Gasteiger partial charge in [0, 0.05) is 13.0 Å². The van der Waals surface area contributed by atoms with E-state index < -0.39 is 0 Å². The van der Waals surface area contributed by atoms with Crippen LogP contribution < -0.4 is 14.8 Å². The van der Waals surface area contributed by atoms with Crippen LogP contribution in [-0.4, -0.2) is 45.7 Å². The number of hydrogen-bond acceptors (Lipinski definition) is 7. The number of nitrogens with one attached hydrogen (secondary N) is 1. The number of rotatable bonds is 9. The number of anilines is 1. The Morgan fingerprint density at radius 1 is 0.935 bits per heavy atom. The first-order valence-electron chi connectivity index (χ1n) is 10.3. The quantitative estimate of drug-likeness (QED) is 0.445. The van der Waals surface area contributed by atoms with Crippen molar-refractivity contribution in [3.8, 4) is 11.5 Å². The first kappa shape index (κ1) is 20.6. The number of methoxy groups -OCH3 is 2. The molecule has 0 bridgehead atoms. The number of aromatic nitrogens is 5. The summed E-state index contributed by atoms with van der Waals surface area (Å²) in [5, 5.41) is 12.1. The van der Waals surface area contributed by atoms with Crippen molar-refractivity contribution in [2.45, 2.75) is 26.3 Å². The fourth-order valence-electron chi connectivity index (χ4n) is 3.41. The molecule has 0 atom stereocenters. The Balaban J connectivity index is 1.53. The van der Waals surface area contributed by atoms with Crippen LogP contribution in [0.25, 0.3) is 11.2 Å². The van der Waals surface area contributed by atoms with Gasteiger partial charge in [-0.1, -0.05) is 48.5 Å². The van der Waals surface area contributed by atoms with Gasteiger partial charge in [0.1, 0.15) is 5.82 Å². The van der Waals surface area contributed by atoms with E-state index in [1.165, 1.54) is 0 Å². The number of benzene rings is 2. The van der Waals surface area contributed by atoms with E-state index >= 15 is 0 Å². The maximum Gasteiger partial charge on any atom is 0.184 e. The zero-order chi connectivity index (χ0) is 21.6. The third kappa shape index (κ3) is 4.58. The molecule has 0 fully saturated rings. The van der Waals surface area contributed by atoms with Gasteiger partial charge in [0.15, 0.2) is 28.5 Å². The fraction of sp³-hybridized carbons (Fsp3) is 0.304. The largest absolute Gasteiger partial charge is 0.493 e. The summed E-state index contributed by atoms with van der Waals surface area (Å²) in [7, 11) is 3.28. The second kappa shape index (κ2) is 9.42. The van der Waals surface area contributed by atoms with Gasteiger partial charge in [-0.2, -0.15) is 0 Å². The van der Waals surface area contributed by atoms with E-state index in [0.29, 0.717) is 24.4 Å². The minimum Gasteiger partial charge on any atom is -0.493 e. The van der Waals surface area contributed by atoms with Crippen molar-refractivity contribution in [2.24, 2.45) is 0 Å². The highest BCUT2D eigenvalue weighted by Crippen LogP contribution is 2.27. The molecule has 0 saturated carbocycles. The maximum absolute atomic E-state index is 5.39. The molecule has 0 spiro atoms. The van der Waals surface area contributed by atoms with Crippen LogP contribution in [-0.2, 0) is 19.4 Å². The van der Waals surface area contributed by atoms with Crippen LogP contribution in [0.4, 0.5) is 5.82 Å². The summed E-state index contributed by atoms with van der Waals surface area (Å²) in [6.45, 7) is 3.35. The Hall–Kier alpha value is -3.68. The van der Waals surface area contributed by atoms with Gasteiger partial charge in [0.2, 0.25) is 0 Å². The Kier molecular flexibility index (Phi) is 6.26. The van der Waals surface area contributed by atoms with Crippen LogP contribution in [0.3, 0.4) is 0 Å². The lowest BCUT2D eigenvalue weighted by Gasteiger charge is -2.11. The highest BCUT2D eigenvalue weighted by atomic mass is 16.5. The number of hydrogen-bond donors (Lipinski definition) is 1. The van der Waals surface area contributed by atoms with Crippen molar-refractivity contribution in [1.82, 2.24) is 25.0 Å². The number of nitrogens with zero attached hydrogens (tertiary/aromatic N) is 5. The topological polar surface area (TPSA) is 87.0 Å². The zero-order valence-corrected chi connectivity index (χ0v) is 18.0. The van der Waals surface area contributed by atoms with E-state index in [1.807, 2.05) is 48.0 Å². The Bertz CT molecular complexity index is 1160. The predicted molar refractivity (Wildman–Crippen MR) is 120 cm³/mol. The molecule has 0 amide bonds. The van der Waals surface area contributed by atoms with Gasteiger partial charge in [0.05, 0.1) is 20.8 Å². The lowest BCUT2D eigenvalue weighted by molar-refractivity contribution is 0.354. The molecular weight excluding hydrogens is 392 g/mol. The standard InChI is InChI=1S/C23H26N6O2/c1-4-20-25-22(24-13-12-16-10-11-18(30-2)19(14-16)31-3)21-23(26-20)29(28-27-21)15-17-8-6-5-7-9-17/h5-11,14H,4,12-13,15H2,1-3H3,(H,24,25,26). The van der Waals surface area contributed by atoms with Crippen LogP contribution in [0, 0.1) is 0 Å². The van der Waals surface area contributed by atoms with E-state index in [0.717, 1.165) is 46.9 Å². The molecule has 0 aliphatic heterocycles. The molecule has 2 aromatic heterocycles. The van der Waals surface area contributed by atoms with E-state index in [9.17, 15) is 0 Å². The monoisotopic (exact) mass is 418 g/mol. The van der Waals surface area contributed by atoms with E-state index in [1.54, 1.807) is 14.2 Å². The van der Waals surface area contributed by atoms with Crippen LogP contribution >= 0.6 is 0 Å². The van der Waals surface area contributed by atoms with Gasteiger partial charge >= 0.3 is 0 Å². The Morgan fingerprint density at radius 2 is 1.74 bits per heavy atom. The third-order valence-electron chi connectivity index (χ3n) is 5.05. The lowest BCUT2D eigenvalue weighted by atomic mass is 10.1. The molecular formula is C23H26N6O2. The number of fused-ring (bicyclic) bond motifs is 1. The minimum absolute atomic E-state index is 0.614. The SMILES string of the molecule is CCc1nc(NCCc2ccc(OC)c(OC)c2)c2nnn(Cc3ccccc3)c2n1. The highest BCUT2D eigenvalue weighted by molar-refractivity contribution is 5.82. The summed E-state index contributed by atoms with van der Waals surface area (Å²) in [6.07, 6.45) is 1.53.